The van der Waals surface area contributed by atoms with Crippen molar-refractivity contribution in [3.63, 3.8) is 0 Å². The van der Waals surface area contributed by atoms with Gasteiger partial charge in [-0.2, -0.15) is 39.5 Å². The number of aromatic nitrogens is 6. The first-order valence-corrected chi connectivity index (χ1v) is 33.0. The maximum atomic E-state index is 12.7. The van der Waals surface area contributed by atoms with Crippen LogP contribution < -0.4 is 5.32 Å². The molecule has 3 heterocycles. The van der Waals surface area contributed by atoms with E-state index in [1.165, 1.54) is 43.3 Å². The van der Waals surface area contributed by atoms with Crippen molar-refractivity contribution in [2.24, 2.45) is 0 Å². The number of hydrogen-bond acceptors (Lipinski definition) is 12. The Balaban J connectivity index is 0.000000158. The SMILES string of the molecule is CC(=O)Nc1ccccc1-c1ccc2nc(/C=C/c3ccc(S(=O)(=O)C(F)(F)F)cc3)[nH]c2c1.O=S(=O)(c1ccc(/C=C/c2nc3ccc(-c4ccccc4CO)cc3[nH]2)cc1)C(F)(F)F.O=S(=O)(c1ccc(/C=C/c2nc3ccc(-c4ccccc4O)cc3[nH]2)cc1)C(F)(F)F. The van der Waals surface area contributed by atoms with Crippen molar-refractivity contribution in [1.29, 1.82) is 0 Å². The number of anilines is 1. The molecule has 3 aromatic heterocycles. The summed E-state index contributed by atoms with van der Waals surface area (Å²) in [7, 11) is -16.1. The van der Waals surface area contributed by atoms with Crippen LogP contribution in [0, 0.1) is 0 Å². The number of amides is 1. The second-order valence-electron chi connectivity index (χ2n) is 21.2. The molecule has 28 heteroatoms. The molecule has 0 radical (unpaired) electrons. The number of aliphatic hydroxyl groups is 1. The average molecular weight is 1390 g/mol. The van der Waals surface area contributed by atoms with Crippen LogP contribution in [0.2, 0.25) is 0 Å². The molecule has 0 fully saturated rings. The molecule has 12 rings (SSSR count). The summed E-state index contributed by atoms with van der Waals surface area (Å²) in [5.41, 5.74) is -3.55. The first-order chi connectivity index (χ1) is 45.9. The van der Waals surface area contributed by atoms with Gasteiger partial charge < -0.3 is 30.5 Å². The zero-order valence-electron chi connectivity index (χ0n) is 49.9. The first kappa shape index (κ1) is 68.9. The van der Waals surface area contributed by atoms with E-state index in [-0.39, 0.29) is 18.3 Å². The number of alkyl halides is 9. The van der Waals surface area contributed by atoms with Gasteiger partial charge in [0.1, 0.15) is 23.2 Å². The summed E-state index contributed by atoms with van der Waals surface area (Å²) in [6.45, 7) is 1.37. The number of aromatic hydroxyl groups is 1. The molecule has 0 bridgehead atoms. The molecule has 496 valence electrons. The van der Waals surface area contributed by atoms with Crippen molar-refractivity contribution in [3.8, 4) is 39.1 Å². The minimum Gasteiger partial charge on any atom is -0.507 e. The lowest BCUT2D eigenvalue weighted by atomic mass is 10.00. The van der Waals surface area contributed by atoms with E-state index in [1.54, 1.807) is 54.7 Å². The number of fused-ring (bicyclic) bond motifs is 3. The fourth-order valence-corrected chi connectivity index (χ4v) is 12.0. The zero-order chi connectivity index (χ0) is 69.7. The Hall–Kier alpha value is -10.9. The van der Waals surface area contributed by atoms with E-state index in [9.17, 15) is 79.8 Å². The maximum Gasteiger partial charge on any atom is 0.501 e. The van der Waals surface area contributed by atoms with E-state index in [1.807, 2.05) is 109 Å². The smallest absolute Gasteiger partial charge is 0.501 e. The van der Waals surface area contributed by atoms with Gasteiger partial charge in [-0.15, -0.1) is 0 Å². The molecule has 1 amide bonds. The van der Waals surface area contributed by atoms with Crippen LogP contribution in [0.4, 0.5) is 45.2 Å². The van der Waals surface area contributed by atoms with Gasteiger partial charge in [-0.1, -0.05) is 133 Å². The van der Waals surface area contributed by atoms with Crippen molar-refractivity contribution < 1.29 is 79.8 Å². The number of sulfone groups is 3. The monoisotopic (exact) mass is 1390 g/mol. The fraction of sp³-hybridized carbons (Fsp3) is 0.0725. The van der Waals surface area contributed by atoms with E-state index in [4.69, 9.17) is 0 Å². The topological polar surface area (TPSA) is 258 Å². The summed E-state index contributed by atoms with van der Waals surface area (Å²) in [5.74, 6) is 1.54. The normalized spacial score (nSPS) is 12.5. The molecule has 0 aliphatic heterocycles. The third-order valence-corrected chi connectivity index (χ3v) is 19.1. The lowest BCUT2D eigenvalue weighted by Crippen LogP contribution is -2.23. The van der Waals surface area contributed by atoms with E-state index in [2.05, 4.69) is 35.2 Å². The van der Waals surface area contributed by atoms with E-state index >= 15 is 0 Å². The summed E-state index contributed by atoms with van der Waals surface area (Å²) in [6, 6.07) is 51.9. The molecule has 0 spiro atoms. The van der Waals surface area contributed by atoms with Gasteiger partial charge in [-0.25, -0.2) is 40.2 Å². The molecule has 9 aromatic carbocycles. The number of hydrogen-bond donors (Lipinski definition) is 6. The molecular weight excluding hydrogens is 1340 g/mol. The largest absolute Gasteiger partial charge is 0.507 e. The summed E-state index contributed by atoms with van der Waals surface area (Å²) in [4.78, 5) is 31.9. The van der Waals surface area contributed by atoms with Gasteiger partial charge in [0.15, 0.2) is 0 Å². The Morgan fingerprint density at radius 3 is 1.09 bits per heavy atom. The highest BCUT2D eigenvalue weighted by atomic mass is 32.2. The van der Waals surface area contributed by atoms with Crippen LogP contribution >= 0.6 is 0 Å². The number of nitrogens with zero attached hydrogens (tertiary/aromatic N) is 3. The highest BCUT2D eigenvalue weighted by Crippen LogP contribution is 2.36. The molecule has 0 unspecified atom stereocenters. The standard InChI is InChI=1S/C24H18F3N3O3S.C23H17F3N2O3S.C22H15F3N2O3S/c1-15(31)28-20-5-3-2-4-19(20)17-9-12-21-22(14-17)30-23(29-21)13-8-16-6-10-18(11-7-16)34(32,33)24(25,26)27;24-23(25,26)32(30,31)18-9-5-15(6-10-18)7-12-22-27-20-11-8-16(13-21(20)28-22)19-4-2-1-3-17(19)14-29;23-22(24,25)31(29,30)16-9-5-14(6-10-16)7-12-21-26-18-11-8-15(13-19(18)27-21)17-3-1-2-4-20(17)28/h2-14H,1H3,(H,28,31)(H,29,30);1-13,29H,14H2,(H,27,28);1-13,28H,(H,26,27)/b13-8+;2*12-7+. The first-order valence-electron chi connectivity index (χ1n) is 28.5. The predicted molar refractivity (Wildman–Crippen MR) is 352 cm³/mol. The number of halogens is 9. The maximum absolute atomic E-state index is 12.7. The minimum atomic E-state index is -5.38. The zero-order valence-corrected chi connectivity index (χ0v) is 52.4. The highest BCUT2D eigenvalue weighted by Gasteiger charge is 2.48. The third kappa shape index (κ3) is 15.7. The van der Waals surface area contributed by atoms with E-state index in [0.717, 1.165) is 91.8 Å². The van der Waals surface area contributed by atoms with Gasteiger partial charge in [0, 0.05) is 23.7 Å². The Morgan fingerprint density at radius 2 is 0.742 bits per heavy atom. The van der Waals surface area contributed by atoms with Crippen molar-refractivity contribution in [3.05, 3.63) is 240 Å². The molecule has 0 aliphatic rings. The molecule has 16 nitrogen and oxygen atoms in total. The number of para-hydroxylation sites is 2. The predicted octanol–water partition coefficient (Wildman–Crippen LogP) is 16.2. The number of phenols is 1. The Labute approximate surface area is 546 Å². The number of carbonyl (C=O) groups is 1. The van der Waals surface area contributed by atoms with Crippen molar-refractivity contribution in [2.45, 2.75) is 44.7 Å². The highest BCUT2D eigenvalue weighted by molar-refractivity contribution is 7.92. The van der Waals surface area contributed by atoms with Crippen LogP contribution in [0.3, 0.4) is 0 Å². The second kappa shape index (κ2) is 27.8. The molecule has 0 saturated heterocycles. The molecule has 0 atom stereocenters. The summed E-state index contributed by atoms with van der Waals surface area (Å²) < 4.78 is 182. The number of H-pyrrole nitrogens is 3. The number of aliphatic hydroxyl groups excluding tert-OH is 1. The van der Waals surface area contributed by atoms with Gasteiger partial charge in [-0.3, -0.25) is 4.79 Å². The summed E-state index contributed by atoms with van der Waals surface area (Å²) in [6.07, 6.45) is 9.74. The quantitative estimate of drug-likeness (QED) is 0.0556. The Bertz CT molecular complexity index is 5360. The van der Waals surface area contributed by atoms with Gasteiger partial charge in [0.25, 0.3) is 29.5 Å². The lowest BCUT2D eigenvalue weighted by molar-refractivity contribution is -0.114. The molecule has 0 aliphatic carbocycles. The van der Waals surface area contributed by atoms with E-state index < -0.39 is 60.7 Å². The van der Waals surface area contributed by atoms with Crippen molar-refractivity contribution in [2.75, 3.05) is 5.32 Å². The Morgan fingerprint density at radius 1 is 0.423 bits per heavy atom. The van der Waals surface area contributed by atoms with E-state index in [0.29, 0.717) is 56.4 Å². The van der Waals surface area contributed by atoms with Crippen LogP contribution in [0.25, 0.3) is 103 Å². The number of aromatic amines is 3. The summed E-state index contributed by atoms with van der Waals surface area (Å²) in [5, 5.41) is 22.4. The molecule has 97 heavy (non-hydrogen) atoms. The number of phenolic OH excluding ortho intramolecular Hbond substituents is 1. The van der Waals surface area contributed by atoms with Crippen molar-refractivity contribution in [1.82, 2.24) is 29.9 Å². The molecule has 6 N–H and O–H groups in total. The lowest BCUT2D eigenvalue weighted by Gasteiger charge is -2.09. The number of rotatable bonds is 14. The van der Waals surface area contributed by atoms with Gasteiger partial charge in [0.2, 0.25) is 5.91 Å². The number of nitrogens with one attached hydrogen (secondary N) is 4. The van der Waals surface area contributed by atoms with Crippen LogP contribution in [0.15, 0.2) is 215 Å². The third-order valence-electron chi connectivity index (χ3n) is 14.5. The fourth-order valence-electron chi connectivity index (χ4n) is 9.72. The summed E-state index contributed by atoms with van der Waals surface area (Å²) >= 11 is 0. The average Bonchev–Trinajstić information content (AvgIpc) is 1.70. The van der Waals surface area contributed by atoms with Crippen LogP contribution in [-0.4, -0.2) is 87.8 Å². The van der Waals surface area contributed by atoms with Crippen LogP contribution in [0.1, 0.15) is 46.7 Å². The second-order valence-corrected chi connectivity index (χ2v) is 27.0. The molecule has 0 saturated carbocycles. The van der Waals surface area contributed by atoms with Gasteiger partial charge in [-0.05, 0) is 148 Å². The Kier molecular flexibility index (Phi) is 19.7. The number of imidazole rings is 3. The number of carbonyl (C=O) groups excluding carboxylic acids is 1. The van der Waals surface area contributed by atoms with Crippen molar-refractivity contribution >= 4 is 111 Å². The minimum absolute atomic E-state index is 0.0752. The molecular formula is C69H50F9N7O9S3. The van der Waals surface area contributed by atoms with Crippen LogP contribution in [-0.2, 0) is 40.9 Å². The molecule has 12 aromatic rings. The van der Waals surface area contributed by atoms with Gasteiger partial charge in [0.05, 0.1) is 54.4 Å². The number of benzene rings is 9. The van der Waals surface area contributed by atoms with Crippen LogP contribution in [0.5, 0.6) is 5.75 Å². The van der Waals surface area contributed by atoms with Gasteiger partial charge >= 0.3 is 16.5 Å².